The molecule has 5 nitrogen and oxygen atoms in total. The molecule has 0 aliphatic rings. The van der Waals surface area contributed by atoms with Crippen LogP contribution in [0.5, 0.6) is 5.75 Å². The van der Waals surface area contributed by atoms with Gasteiger partial charge in [-0.05, 0) is 25.1 Å². The van der Waals surface area contributed by atoms with Crippen LogP contribution in [0.1, 0.15) is 11.3 Å². The second-order valence-corrected chi connectivity index (χ2v) is 4.73. The summed E-state index contributed by atoms with van der Waals surface area (Å²) in [7, 11) is 1.55. The highest BCUT2D eigenvalue weighted by atomic mass is 35.5. The Bertz CT molecular complexity index is 738. The molecule has 0 atom stereocenters. The number of benzene rings is 1. The second-order valence-electron chi connectivity index (χ2n) is 4.29. The van der Waals surface area contributed by atoms with Crippen molar-refractivity contribution in [3.05, 3.63) is 57.0 Å². The molecule has 0 aliphatic carbocycles. The predicted octanol–water partition coefficient (Wildman–Crippen LogP) is 2.09. The average Bonchev–Trinajstić information content (AvgIpc) is 2.38. The standard InChI is InChI=1S/C14H14ClN3O2/c1-8-5-12(19)10(14(16)17)7-18(8)11-6-9(15)3-4-13(11)20-2/h3-7H,1-2H3,(H3,16,17). The number of hydrogen-bond acceptors (Lipinski definition) is 3. The Hall–Kier alpha value is -2.27. The van der Waals surface area contributed by atoms with E-state index in [-0.39, 0.29) is 16.8 Å². The number of pyridine rings is 1. The van der Waals surface area contributed by atoms with Gasteiger partial charge in [-0.15, -0.1) is 0 Å². The number of nitrogens with one attached hydrogen (secondary N) is 1. The first kappa shape index (κ1) is 14.1. The van der Waals surface area contributed by atoms with Crippen LogP contribution in [0.25, 0.3) is 5.69 Å². The molecule has 3 N–H and O–H groups in total. The number of hydrogen-bond donors (Lipinski definition) is 2. The van der Waals surface area contributed by atoms with Crippen molar-refractivity contribution >= 4 is 17.4 Å². The fourth-order valence-electron chi connectivity index (χ4n) is 1.94. The molecule has 1 heterocycles. The molecule has 20 heavy (non-hydrogen) atoms. The maximum absolute atomic E-state index is 11.8. The van der Waals surface area contributed by atoms with Crippen LogP contribution in [0, 0.1) is 12.3 Å². The van der Waals surface area contributed by atoms with Crippen LogP contribution >= 0.6 is 11.6 Å². The van der Waals surface area contributed by atoms with E-state index < -0.39 is 0 Å². The number of halogens is 1. The van der Waals surface area contributed by atoms with Crippen LogP contribution in [-0.4, -0.2) is 17.5 Å². The molecule has 0 radical (unpaired) electrons. The number of aryl methyl sites for hydroxylation is 1. The van der Waals surface area contributed by atoms with Gasteiger partial charge in [0.05, 0.1) is 18.4 Å². The highest BCUT2D eigenvalue weighted by molar-refractivity contribution is 6.30. The molecule has 0 saturated heterocycles. The number of nitrogens with zero attached hydrogens (tertiary/aromatic N) is 1. The van der Waals surface area contributed by atoms with Gasteiger partial charge in [-0.3, -0.25) is 10.2 Å². The van der Waals surface area contributed by atoms with Crippen LogP contribution in [0.3, 0.4) is 0 Å². The first-order valence-electron chi connectivity index (χ1n) is 5.85. The number of ether oxygens (including phenoxy) is 1. The minimum atomic E-state index is -0.285. The van der Waals surface area contributed by atoms with Gasteiger partial charge in [0.25, 0.3) is 0 Å². The molecule has 1 aromatic heterocycles. The lowest BCUT2D eigenvalue weighted by Crippen LogP contribution is -2.23. The minimum Gasteiger partial charge on any atom is -0.495 e. The Balaban J connectivity index is 2.75. The molecule has 0 unspecified atom stereocenters. The van der Waals surface area contributed by atoms with E-state index in [0.717, 1.165) is 0 Å². The molecule has 0 aliphatic heterocycles. The van der Waals surface area contributed by atoms with Crippen molar-refractivity contribution in [3.63, 3.8) is 0 Å². The number of rotatable bonds is 3. The van der Waals surface area contributed by atoms with Gasteiger partial charge in [0.1, 0.15) is 11.6 Å². The maximum atomic E-state index is 11.8. The number of aromatic nitrogens is 1. The Morgan fingerprint density at radius 3 is 2.70 bits per heavy atom. The van der Waals surface area contributed by atoms with Crippen molar-refractivity contribution in [3.8, 4) is 11.4 Å². The molecule has 1 aromatic carbocycles. The van der Waals surface area contributed by atoms with E-state index in [4.69, 9.17) is 27.5 Å². The first-order valence-corrected chi connectivity index (χ1v) is 6.23. The van der Waals surface area contributed by atoms with Crippen molar-refractivity contribution in [2.75, 3.05) is 7.11 Å². The van der Waals surface area contributed by atoms with Crippen molar-refractivity contribution in [1.29, 1.82) is 5.41 Å². The van der Waals surface area contributed by atoms with Crippen LogP contribution < -0.4 is 15.9 Å². The Kier molecular flexibility index (Phi) is 3.81. The van der Waals surface area contributed by atoms with Crippen molar-refractivity contribution < 1.29 is 4.74 Å². The number of amidine groups is 1. The normalized spacial score (nSPS) is 10.3. The smallest absolute Gasteiger partial charge is 0.192 e. The van der Waals surface area contributed by atoms with E-state index in [9.17, 15) is 4.79 Å². The fourth-order valence-corrected chi connectivity index (χ4v) is 2.11. The molecule has 0 fully saturated rings. The summed E-state index contributed by atoms with van der Waals surface area (Å²) in [6, 6.07) is 6.61. The molecule has 0 bridgehead atoms. The highest BCUT2D eigenvalue weighted by Gasteiger charge is 2.11. The third kappa shape index (κ3) is 2.53. The number of methoxy groups -OCH3 is 1. The van der Waals surface area contributed by atoms with E-state index in [1.807, 2.05) is 0 Å². The van der Waals surface area contributed by atoms with Gasteiger partial charge < -0.3 is 15.0 Å². The summed E-state index contributed by atoms with van der Waals surface area (Å²) >= 11 is 6.01. The summed E-state index contributed by atoms with van der Waals surface area (Å²) in [4.78, 5) is 11.8. The second kappa shape index (κ2) is 5.38. The third-order valence-corrected chi connectivity index (χ3v) is 3.17. The van der Waals surface area contributed by atoms with E-state index >= 15 is 0 Å². The van der Waals surface area contributed by atoms with Gasteiger partial charge in [-0.1, -0.05) is 11.6 Å². The molecular formula is C14H14ClN3O2. The predicted molar refractivity (Wildman–Crippen MR) is 79.4 cm³/mol. The zero-order chi connectivity index (χ0) is 14.9. The number of nitrogens with two attached hydrogens (primary N) is 1. The van der Waals surface area contributed by atoms with Gasteiger partial charge >= 0.3 is 0 Å². The Morgan fingerprint density at radius 2 is 2.10 bits per heavy atom. The quantitative estimate of drug-likeness (QED) is 0.671. The van der Waals surface area contributed by atoms with Gasteiger partial charge in [-0.2, -0.15) is 0 Å². The summed E-state index contributed by atoms with van der Waals surface area (Å²) in [5.41, 5.74) is 6.65. The summed E-state index contributed by atoms with van der Waals surface area (Å²) in [6.45, 7) is 1.78. The van der Waals surface area contributed by atoms with E-state index in [1.165, 1.54) is 12.3 Å². The van der Waals surface area contributed by atoms with Crippen LogP contribution in [0.4, 0.5) is 0 Å². The van der Waals surface area contributed by atoms with Gasteiger partial charge in [-0.25, -0.2) is 0 Å². The molecule has 0 spiro atoms. The molecular weight excluding hydrogens is 278 g/mol. The van der Waals surface area contributed by atoms with Gasteiger partial charge in [0, 0.05) is 23.0 Å². The van der Waals surface area contributed by atoms with Crippen LogP contribution in [-0.2, 0) is 0 Å². The summed E-state index contributed by atoms with van der Waals surface area (Å²) in [6.07, 6.45) is 1.52. The molecule has 2 aromatic rings. The lowest BCUT2D eigenvalue weighted by Gasteiger charge is -2.15. The number of nitrogen functional groups attached to an aromatic ring is 1. The van der Waals surface area contributed by atoms with E-state index in [2.05, 4.69) is 0 Å². The zero-order valence-corrected chi connectivity index (χ0v) is 11.9. The van der Waals surface area contributed by atoms with Crippen molar-refractivity contribution in [2.24, 2.45) is 5.73 Å². The monoisotopic (exact) mass is 291 g/mol. The molecule has 0 saturated carbocycles. The van der Waals surface area contributed by atoms with Crippen molar-refractivity contribution in [1.82, 2.24) is 4.57 Å². The third-order valence-electron chi connectivity index (χ3n) is 2.93. The minimum absolute atomic E-state index is 0.137. The molecule has 2 rings (SSSR count). The molecule has 104 valence electrons. The topological polar surface area (TPSA) is 81.1 Å². The lowest BCUT2D eigenvalue weighted by atomic mass is 10.2. The first-order chi connectivity index (χ1) is 9.43. The molecule has 0 amide bonds. The highest BCUT2D eigenvalue weighted by Crippen LogP contribution is 2.27. The maximum Gasteiger partial charge on any atom is 0.192 e. The fraction of sp³-hybridized carbons (Fsp3) is 0.143. The van der Waals surface area contributed by atoms with Gasteiger partial charge in [0.15, 0.2) is 5.43 Å². The summed E-state index contributed by atoms with van der Waals surface area (Å²) in [5.74, 6) is 0.334. The lowest BCUT2D eigenvalue weighted by molar-refractivity contribution is 0.412. The van der Waals surface area contributed by atoms with Crippen LogP contribution in [0.15, 0.2) is 35.3 Å². The Morgan fingerprint density at radius 1 is 1.40 bits per heavy atom. The van der Waals surface area contributed by atoms with E-state index in [0.29, 0.717) is 22.2 Å². The zero-order valence-electron chi connectivity index (χ0n) is 11.1. The summed E-state index contributed by atoms with van der Waals surface area (Å²) < 4.78 is 7.02. The average molecular weight is 292 g/mol. The van der Waals surface area contributed by atoms with Gasteiger partial charge in [0.2, 0.25) is 0 Å². The van der Waals surface area contributed by atoms with Crippen molar-refractivity contribution in [2.45, 2.75) is 6.92 Å². The SMILES string of the molecule is COc1ccc(Cl)cc1-n1cc(C(=N)N)c(=O)cc1C. The van der Waals surface area contributed by atoms with E-state index in [1.54, 1.807) is 36.8 Å². The molecule has 6 heteroatoms. The largest absolute Gasteiger partial charge is 0.495 e. The van der Waals surface area contributed by atoms with Crippen LogP contribution in [0.2, 0.25) is 5.02 Å². The summed E-state index contributed by atoms with van der Waals surface area (Å²) in [5, 5.41) is 8.00. The Labute approximate surface area is 121 Å².